The van der Waals surface area contributed by atoms with Gasteiger partial charge in [0.25, 0.3) is 0 Å². The maximum atomic E-state index is 11.1. The quantitative estimate of drug-likeness (QED) is 0.593. The van der Waals surface area contributed by atoms with Crippen LogP contribution in [0.4, 0.5) is 0 Å². The predicted octanol–water partition coefficient (Wildman–Crippen LogP) is 6.89. The Morgan fingerprint density at radius 1 is 0.607 bits per heavy atom. The Bertz CT molecular complexity index is 869. The molecule has 2 aromatic carbocycles. The van der Waals surface area contributed by atoms with Gasteiger partial charge in [0.05, 0.1) is 0 Å². The van der Waals surface area contributed by atoms with Crippen LogP contribution in [0.5, 0.6) is 11.5 Å². The van der Waals surface area contributed by atoms with Gasteiger partial charge in [-0.2, -0.15) is 0 Å². The normalized spacial score (nSPS) is 13.1. The molecule has 0 aromatic heterocycles. The number of hydrogen-bond donors (Lipinski definition) is 2. The summed E-state index contributed by atoms with van der Waals surface area (Å²) in [4.78, 5) is 0. The van der Waals surface area contributed by atoms with Crippen molar-refractivity contribution in [1.82, 2.24) is 0 Å². The standard InChI is InChI=1S/C26H38O2/c1-16-11-17(22(27)20(12-16)25(5,6)7)13-18-14-19(24(2,3)4)15-21(23(18)28)26(8,9)10/h11-12,14-15,27-28H,13H2,1-10H3. The van der Waals surface area contributed by atoms with Crippen molar-refractivity contribution in [1.29, 1.82) is 0 Å². The molecule has 0 fully saturated rings. The largest absolute Gasteiger partial charge is 0.507 e. The Hall–Kier alpha value is -1.96. The molecular formula is C26H38O2. The lowest BCUT2D eigenvalue weighted by atomic mass is 9.78. The third kappa shape index (κ3) is 4.71. The summed E-state index contributed by atoms with van der Waals surface area (Å²) in [5, 5.41) is 22.1. The second kappa shape index (κ2) is 7.13. The highest BCUT2D eigenvalue weighted by molar-refractivity contribution is 5.54. The van der Waals surface area contributed by atoms with Gasteiger partial charge in [-0.15, -0.1) is 0 Å². The zero-order valence-corrected chi connectivity index (χ0v) is 19.4. The van der Waals surface area contributed by atoms with Crippen LogP contribution in [-0.4, -0.2) is 10.2 Å². The van der Waals surface area contributed by atoms with E-state index in [9.17, 15) is 10.2 Å². The molecule has 2 heteroatoms. The summed E-state index contributed by atoms with van der Waals surface area (Å²) in [6.45, 7) is 21.3. The molecule has 0 bridgehead atoms. The van der Waals surface area contributed by atoms with Gasteiger partial charge in [0.2, 0.25) is 0 Å². The molecule has 0 spiro atoms. The van der Waals surface area contributed by atoms with Crippen molar-refractivity contribution in [2.75, 3.05) is 0 Å². The molecule has 2 rings (SSSR count). The molecular weight excluding hydrogens is 344 g/mol. The van der Waals surface area contributed by atoms with Crippen LogP contribution < -0.4 is 0 Å². The molecule has 0 aliphatic rings. The first-order valence-electron chi connectivity index (χ1n) is 10.2. The van der Waals surface area contributed by atoms with Crippen molar-refractivity contribution in [3.8, 4) is 11.5 Å². The van der Waals surface area contributed by atoms with Gasteiger partial charge in [0, 0.05) is 6.42 Å². The smallest absolute Gasteiger partial charge is 0.122 e. The van der Waals surface area contributed by atoms with Crippen molar-refractivity contribution < 1.29 is 10.2 Å². The minimum atomic E-state index is -0.161. The van der Waals surface area contributed by atoms with Crippen molar-refractivity contribution in [2.24, 2.45) is 0 Å². The highest BCUT2D eigenvalue weighted by atomic mass is 16.3. The van der Waals surface area contributed by atoms with E-state index in [2.05, 4.69) is 87.4 Å². The van der Waals surface area contributed by atoms with Crippen molar-refractivity contribution >= 4 is 0 Å². The zero-order valence-electron chi connectivity index (χ0n) is 19.4. The molecule has 0 aliphatic heterocycles. The van der Waals surface area contributed by atoms with Crippen LogP contribution in [-0.2, 0) is 22.7 Å². The summed E-state index contributed by atoms with van der Waals surface area (Å²) in [5.74, 6) is 0.690. The van der Waals surface area contributed by atoms with Gasteiger partial charge in [-0.25, -0.2) is 0 Å². The Morgan fingerprint density at radius 3 is 1.46 bits per heavy atom. The van der Waals surface area contributed by atoms with Gasteiger partial charge in [0.15, 0.2) is 0 Å². The van der Waals surface area contributed by atoms with E-state index in [1.165, 1.54) is 5.56 Å². The number of aromatic hydroxyl groups is 2. The lowest BCUT2D eigenvalue weighted by molar-refractivity contribution is 0.434. The zero-order chi connectivity index (χ0) is 21.7. The van der Waals surface area contributed by atoms with E-state index in [1.807, 2.05) is 6.07 Å². The van der Waals surface area contributed by atoms with E-state index in [1.54, 1.807) is 0 Å². The van der Waals surface area contributed by atoms with Crippen LogP contribution >= 0.6 is 0 Å². The second-order valence-electron chi connectivity index (χ2n) is 11.3. The summed E-state index contributed by atoms with van der Waals surface area (Å²) in [6.07, 6.45) is 0.509. The van der Waals surface area contributed by atoms with Crippen LogP contribution in [0.1, 0.15) is 95.7 Å². The SMILES string of the molecule is Cc1cc(Cc2cc(C(C)(C)C)cc(C(C)(C)C)c2O)c(O)c(C(C)(C)C)c1. The van der Waals surface area contributed by atoms with Crippen molar-refractivity contribution in [3.05, 3.63) is 57.6 Å². The molecule has 2 aromatic rings. The van der Waals surface area contributed by atoms with Gasteiger partial charge in [-0.05, 0) is 51.0 Å². The lowest BCUT2D eigenvalue weighted by Gasteiger charge is -2.28. The number of hydrogen-bond acceptors (Lipinski definition) is 2. The monoisotopic (exact) mass is 382 g/mol. The summed E-state index contributed by atoms with van der Waals surface area (Å²) < 4.78 is 0. The molecule has 0 unspecified atom stereocenters. The molecule has 2 nitrogen and oxygen atoms in total. The second-order valence-corrected chi connectivity index (χ2v) is 11.3. The summed E-state index contributed by atoms with van der Waals surface area (Å²) in [5.41, 5.74) is 5.65. The van der Waals surface area contributed by atoms with Crippen LogP contribution in [0.3, 0.4) is 0 Å². The van der Waals surface area contributed by atoms with Gasteiger partial charge in [0.1, 0.15) is 11.5 Å². The Kier molecular flexibility index (Phi) is 5.69. The highest BCUT2D eigenvalue weighted by Crippen LogP contribution is 2.41. The summed E-state index contributed by atoms with van der Waals surface area (Å²) >= 11 is 0. The number of rotatable bonds is 2. The van der Waals surface area contributed by atoms with Crippen LogP contribution in [0.25, 0.3) is 0 Å². The fourth-order valence-electron chi connectivity index (χ4n) is 3.60. The maximum Gasteiger partial charge on any atom is 0.122 e. The summed E-state index contributed by atoms with van der Waals surface area (Å²) in [6, 6.07) is 8.33. The fraction of sp³-hybridized carbons (Fsp3) is 0.538. The van der Waals surface area contributed by atoms with Crippen molar-refractivity contribution in [3.63, 3.8) is 0 Å². The predicted molar refractivity (Wildman–Crippen MR) is 120 cm³/mol. The van der Waals surface area contributed by atoms with Crippen molar-refractivity contribution in [2.45, 2.75) is 91.9 Å². The molecule has 154 valence electrons. The molecule has 28 heavy (non-hydrogen) atoms. The van der Waals surface area contributed by atoms with Gasteiger partial charge in [-0.1, -0.05) is 92.1 Å². The molecule has 2 N–H and O–H groups in total. The Labute approximate surface area is 171 Å². The van der Waals surface area contributed by atoms with E-state index >= 15 is 0 Å². The van der Waals surface area contributed by atoms with E-state index in [-0.39, 0.29) is 16.2 Å². The summed E-state index contributed by atoms with van der Waals surface area (Å²) in [7, 11) is 0. The fourth-order valence-corrected chi connectivity index (χ4v) is 3.60. The average molecular weight is 383 g/mol. The average Bonchev–Trinajstić information content (AvgIpc) is 2.49. The van der Waals surface area contributed by atoms with Gasteiger partial charge in [-0.3, -0.25) is 0 Å². The molecule has 0 radical (unpaired) electrons. The molecule has 0 heterocycles. The minimum absolute atomic E-state index is 0.0202. The Balaban J connectivity index is 2.69. The van der Waals surface area contributed by atoms with E-state index in [0.717, 1.165) is 27.8 Å². The first-order valence-corrected chi connectivity index (χ1v) is 10.2. The minimum Gasteiger partial charge on any atom is -0.507 e. The van der Waals surface area contributed by atoms with E-state index < -0.39 is 0 Å². The van der Waals surface area contributed by atoms with Crippen LogP contribution in [0, 0.1) is 6.92 Å². The van der Waals surface area contributed by atoms with E-state index in [4.69, 9.17) is 0 Å². The molecule has 0 saturated carbocycles. The number of phenolic OH excluding ortho intramolecular Hbond substituents is 2. The first kappa shape index (κ1) is 22.3. The molecule has 0 atom stereocenters. The lowest BCUT2D eigenvalue weighted by Crippen LogP contribution is -2.17. The highest BCUT2D eigenvalue weighted by Gasteiger charge is 2.26. The molecule has 0 saturated heterocycles. The Morgan fingerprint density at radius 2 is 1.04 bits per heavy atom. The first-order chi connectivity index (χ1) is 12.5. The number of benzene rings is 2. The van der Waals surface area contributed by atoms with Gasteiger partial charge < -0.3 is 10.2 Å². The maximum absolute atomic E-state index is 11.1. The third-order valence-electron chi connectivity index (χ3n) is 5.39. The molecule has 0 aliphatic carbocycles. The topological polar surface area (TPSA) is 40.5 Å². The van der Waals surface area contributed by atoms with Crippen LogP contribution in [0.15, 0.2) is 24.3 Å². The number of aryl methyl sites for hydroxylation is 1. The van der Waals surface area contributed by atoms with E-state index in [0.29, 0.717) is 17.9 Å². The van der Waals surface area contributed by atoms with Gasteiger partial charge >= 0.3 is 0 Å². The molecule has 0 amide bonds. The third-order valence-corrected chi connectivity index (χ3v) is 5.39. The number of phenols is 2. The van der Waals surface area contributed by atoms with Crippen LogP contribution in [0.2, 0.25) is 0 Å².